The normalized spacial score (nSPS) is 24.7. The maximum absolute atomic E-state index is 5.67. The molecule has 0 aromatic carbocycles. The van der Waals surface area contributed by atoms with Crippen molar-refractivity contribution < 1.29 is 18.9 Å². The fourth-order valence-corrected chi connectivity index (χ4v) is 1.96. The summed E-state index contributed by atoms with van der Waals surface area (Å²) in [5.41, 5.74) is 0. The first-order valence-corrected chi connectivity index (χ1v) is 6.85. The molecule has 0 radical (unpaired) electrons. The molecule has 0 aliphatic carbocycles. The Morgan fingerprint density at radius 1 is 1.28 bits per heavy atom. The topological polar surface area (TPSA) is 36.9 Å². The van der Waals surface area contributed by atoms with Crippen LogP contribution in [-0.4, -0.2) is 44.9 Å². The summed E-state index contributed by atoms with van der Waals surface area (Å²) in [5, 5.41) is 0. The first kappa shape index (κ1) is 15.9. The van der Waals surface area contributed by atoms with Crippen molar-refractivity contribution in [2.24, 2.45) is 5.92 Å². The second kappa shape index (κ2) is 7.43. The van der Waals surface area contributed by atoms with E-state index in [-0.39, 0.29) is 12.2 Å². The molecule has 0 bridgehead atoms. The van der Waals surface area contributed by atoms with Crippen LogP contribution in [0.15, 0.2) is 0 Å². The van der Waals surface area contributed by atoms with E-state index in [1.54, 1.807) is 7.11 Å². The van der Waals surface area contributed by atoms with E-state index in [4.69, 9.17) is 18.9 Å². The summed E-state index contributed by atoms with van der Waals surface area (Å²) in [6.07, 6.45) is 2.44. The third kappa shape index (κ3) is 6.14. The Labute approximate surface area is 111 Å². The SMILES string of the molecule is COC(CCC(C)C)COCC1COC(C)(C)O1. The second-order valence-electron chi connectivity index (χ2n) is 5.82. The summed E-state index contributed by atoms with van der Waals surface area (Å²) in [4.78, 5) is 0. The van der Waals surface area contributed by atoms with Crippen LogP contribution in [0.4, 0.5) is 0 Å². The van der Waals surface area contributed by atoms with Crippen LogP contribution in [-0.2, 0) is 18.9 Å². The number of ether oxygens (including phenoxy) is 4. The van der Waals surface area contributed by atoms with Crippen molar-refractivity contribution in [2.45, 2.75) is 58.5 Å². The molecule has 0 aromatic heterocycles. The van der Waals surface area contributed by atoms with Gasteiger partial charge in [0.25, 0.3) is 0 Å². The monoisotopic (exact) mass is 260 g/mol. The molecule has 0 aromatic rings. The summed E-state index contributed by atoms with van der Waals surface area (Å²) in [7, 11) is 1.74. The predicted octanol–water partition coefficient (Wildman–Crippen LogP) is 2.61. The van der Waals surface area contributed by atoms with E-state index in [1.807, 2.05) is 13.8 Å². The molecular weight excluding hydrogens is 232 g/mol. The molecule has 0 amide bonds. The lowest BCUT2D eigenvalue weighted by Crippen LogP contribution is -2.26. The minimum absolute atomic E-state index is 0.0441. The molecule has 108 valence electrons. The zero-order valence-electron chi connectivity index (χ0n) is 12.4. The highest BCUT2D eigenvalue weighted by Gasteiger charge is 2.32. The van der Waals surface area contributed by atoms with Crippen LogP contribution in [0.5, 0.6) is 0 Å². The smallest absolute Gasteiger partial charge is 0.163 e. The second-order valence-corrected chi connectivity index (χ2v) is 5.82. The zero-order chi connectivity index (χ0) is 13.6. The molecule has 1 saturated heterocycles. The van der Waals surface area contributed by atoms with Crippen molar-refractivity contribution in [3.8, 4) is 0 Å². The van der Waals surface area contributed by atoms with E-state index in [9.17, 15) is 0 Å². The van der Waals surface area contributed by atoms with Crippen LogP contribution < -0.4 is 0 Å². The fraction of sp³-hybridized carbons (Fsp3) is 1.00. The van der Waals surface area contributed by atoms with Crippen LogP contribution in [0, 0.1) is 5.92 Å². The number of methoxy groups -OCH3 is 1. The van der Waals surface area contributed by atoms with Gasteiger partial charge in [0.05, 0.1) is 25.9 Å². The summed E-state index contributed by atoms with van der Waals surface area (Å²) < 4.78 is 22.2. The highest BCUT2D eigenvalue weighted by atomic mass is 16.7. The molecule has 1 heterocycles. The Morgan fingerprint density at radius 2 is 2.00 bits per heavy atom. The van der Waals surface area contributed by atoms with Gasteiger partial charge in [0.2, 0.25) is 0 Å². The summed E-state index contributed by atoms with van der Waals surface area (Å²) in [6.45, 7) is 10.1. The number of rotatable bonds is 8. The van der Waals surface area contributed by atoms with Gasteiger partial charge in [-0.2, -0.15) is 0 Å². The van der Waals surface area contributed by atoms with Gasteiger partial charge in [-0.15, -0.1) is 0 Å². The van der Waals surface area contributed by atoms with Crippen molar-refractivity contribution in [3.05, 3.63) is 0 Å². The Balaban J connectivity index is 2.12. The van der Waals surface area contributed by atoms with Gasteiger partial charge in [0.15, 0.2) is 5.79 Å². The molecule has 0 spiro atoms. The Morgan fingerprint density at radius 3 is 2.50 bits per heavy atom. The third-order valence-electron chi connectivity index (χ3n) is 3.07. The van der Waals surface area contributed by atoms with E-state index in [0.717, 1.165) is 12.8 Å². The van der Waals surface area contributed by atoms with Crippen LogP contribution in [0.3, 0.4) is 0 Å². The number of hydrogen-bond acceptors (Lipinski definition) is 4. The minimum Gasteiger partial charge on any atom is -0.379 e. The average molecular weight is 260 g/mol. The van der Waals surface area contributed by atoms with Gasteiger partial charge in [-0.3, -0.25) is 0 Å². The van der Waals surface area contributed by atoms with Gasteiger partial charge in [0, 0.05) is 7.11 Å². The largest absolute Gasteiger partial charge is 0.379 e. The minimum atomic E-state index is -0.466. The first-order chi connectivity index (χ1) is 8.43. The average Bonchev–Trinajstić information content (AvgIpc) is 2.63. The van der Waals surface area contributed by atoms with Crippen molar-refractivity contribution in [1.82, 2.24) is 0 Å². The fourth-order valence-electron chi connectivity index (χ4n) is 1.96. The lowest BCUT2D eigenvalue weighted by atomic mass is 10.1. The molecule has 2 unspecified atom stereocenters. The van der Waals surface area contributed by atoms with Gasteiger partial charge >= 0.3 is 0 Å². The van der Waals surface area contributed by atoms with Gasteiger partial charge in [-0.25, -0.2) is 0 Å². The van der Waals surface area contributed by atoms with Crippen LogP contribution >= 0.6 is 0 Å². The summed E-state index contributed by atoms with van der Waals surface area (Å²) >= 11 is 0. The molecule has 4 heteroatoms. The maximum atomic E-state index is 5.67. The van der Waals surface area contributed by atoms with Gasteiger partial charge < -0.3 is 18.9 Å². The Bertz CT molecular complexity index is 228. The van der Waals surface area contributed by atoms with Gasteiger partial charge in [-0.1, -0.05) is 13.8 Å². The van der Waals surface area contributed by atoms with Crippen molar-refractivity contribution in [3.63, 3.8) is 0 Å². The molecule has 1 rings (SSSR count). The van der Waals surface area contributed by atoms with E-state index >= 15 is 0 Å². The quantitative estimate of drug-likeness (QED) is 0.672. The van der Waals surface area contributed by atoms with Crippen LogP contribution in [0.1, 0.15) is 40.5 Å². The summed E-state index contributed by atoms with van der Waals surface area (Å²) in [5.74, 6) is 0.238. The standard InChI is InChI=1S/C14H28O4/c1-11(2)6-7-12(15-5)8-16-9-13-10-17-14(3,4)18-13/h11-13H,6-10H2,1-5H3. The van der Waals surface area contributed by atoms with Crippen molar-refractivity contribution in [1.29, 1.82) is 0 Å². The molecule has 1 aliphatic heterocycles. The number of hydrogen-bond donors (Lipinski definition) is 0. The lowest BCUT2D eigenvalue weighted by molar-refractivity contribution is -0.146. The van der Waals surface area contributed by atoms with Crippen LogP contribution in [0.25, 0.3) is 0 Å². The molecule has 4 nitrogen and oxygen atoms in total. The molecule has 1 aliphatic rings. The van der Waals surface area contributed by atoms with E-state index < -0.39 is 5.79 Å². The van der Waals surface area contributed by atoms with Crippen molar-refractivity contribution in [2.75, 3.05) is 26.9 Å². The van der Waals surface area contributed by atoms with E-state index in [1.165, 1.54) is 0 Å². The van der Waals surface area contributed by atoms with Gasteiger partial charge in [0.1, 0.15) is 6.10 Å². The molecule has 2 atom stereocenters. The molecule has 18 heavy (non-hydrogen) atoms. The van der Waals surface area contributed by atoms with Crippen LogP contribution in [0.2, 0.25) is 0 Å². The first-order valence-electron chi connectivity index (χ1n) is 6.85. The Kier molecular flexibility index (Phi) is 6.57. The third-order valence-corrected chi connectivity index (χ3v) is 3.07. The van der Waals surface area contributed by atoms with E-state index in [0.29, 0.717) is 25.7 Å². The zero-order valence-corrected chi connectivity index (χ0v) is 12.4. The van der Waals surface area contributed by atoms with Crippen molar-refractivity contribution >= 4 is 0 Å². The van der Waals surface area contributed by atoms with Gasteiger partial charge in [-0.05, 0) is 32.6 Å². The molecule has 0 N–H and O–H groups in total. The Hall–Kier alpha value is -0.160. The molecule has 1 fully saturated rings. The summed E-state index contributed by atoms with van der Waals surface area (Å²) in [6, 6.07) is 0. The highest BCUT2D eigenvalue weighted by molar-refractivity contribution is 4.70. The highest BCUT2D eigenvalue weighted by Crippen LogP contribution is 2.22. The maximum Gasteiger partial charge on any atom is 0.163 e. The predicted molar refractivity (Wildman–Crippen MR) is 70.6 cm³/mol. The molecule has 0 saturated carbocycles. The van der Waals surface area contributed by atoms with E-state index in [2.05, 4.69) is 13.8 Å². The lowest BCUT2D eigenvalue weighted by Gasteiger charge is -2.19. The molecular formula is C14H28O4.